The lowest BCUT2D eigenvalue weighted by atomic mass is 10.0. The van der Waals surface area contributed by atoms with Crippen LogP contribution in [0.5, 0.6) is 0 Å². The van der Waals surface area contributed by atoms with Gasteiger partial charge in [0.05, 0.1) is 5.38 Å². The van der Waals surface area contributed by atoms with Crippen LogP contribution in [0, 0.1) is 5.92 Å². The van der Waals surface area contributed by atoms with E-state index < -0.39 is 0 Å². The number of hydrogen-bond donors (Lipinski definition) is 0. The maximum atomic E-state index is 5.93. The molecule has 0 spiro atoms. The molecule has 0 radical (unpaired) electrons. The molecule has 1 aliphatic carbocycles. The third-order valence-electron chi connectivity index (χ3n) is 1.80. The summed E-state index contributed by atoms with van der Waals surface area (Å²) in [5.41, 5.74) is 0. The first-order valence-electron chi connectivity index (χ1n) is 3.60. The van der Waals surface area contributed by atoms with Crippen molar-refractivity contribution in [3.8, 4) is 0 Å². The highest BCUT2D eigenvalue weighted by molar-refractivity contribution is 6.21. The van der Waals surface area contributed by atoms with Crippen LogP contribution < -0.4 is 0 Å². The molecule has 0 saturated heterocycles. The fourth-order valence-electron chi connectivity index (χ4n) is 1.21. The van der Waals surface area contributed by atoms with Crippen molar-refractivity contribution in [2.75, 3.05) is 0 Å². The fraction of sp³-hybridized carbons (Fsp3) is 0.750. The molecule has 9 heavy (non-hydrogen) atoms. The predicted molar refractivity (Wildman–Crippen MR) is 41.8 cm³/mol. The summed E-state index contributed by atoms with van der Waals surface area (Å²) in [5, 5.41) is 0.294. The number of rotatable bonds is 0. The molecule has 0 bridgehead atoms. The Hall–Kier alpha value is 0.0300. The van der Waals surface area contributed by atoms with E-state index in [4.69, 9.17) is 11.6 Å². The van der Waals surface area contributed by atoms with E-state index in [1.165, 1.54) is 12.8 Å². The lowest BCUT2D eigenvalue weighted by Gasteiger charge is -2.07. The highest BCUT2D eigenvalue weighted by Gasteiger charge is 2.09. The molecule has 0 heterocycles. The van der Waals surface area contributed by atoms with Gasteiger partial charge in [0, 0.05) is 0 Å². The lowest BCUT2D eigenvalue weighted by molar-refractivity contribution is 0.516. The van der Waals surface area contributed by atoms with Crippen molar-refractivity contribution in [3.63, 3.8) is 0 Å². The van der Waals surface area contributed by atoms with Crippen LogP contribution in [0.4, 0.5) is 0 Å². The first-order chi connectivity index (χ1) is 4.29. The lowest BCUT2D eigenvalue weighted by Crippen LogP contribution is -1.99. The normalized spacial score (nSPS) is 36.2. The highest BCUT2D eigenvalue weighted by Crippen LogP contribution is 2.20. The van der Waals surface area contributed by atoms with Crippen LogP contribution in [0.25, 0.3) is 0 Å². The van der Waals surface area contributed by atoms with Crippen LogP contribution in [0.15, 0.2) is 12.2 Å². The maximum Gasteiger partial charge on any atom is 0.0518 e. The summed E-state index contributed by atoms with van der Waals surface area (Å²) in [6, 6.07) is 0. The number of alkyl halides is 1. The zero-order chi connectivity index (χ0) is 6.69. The third-order valence-corrected chi connectivity index (χ3v) is 2.12. The average Bonchev–Trinajstić information content (AvgIpc) is 1.93. The molecule has 1 heteroatoms. The summed E-state index contributed by atoms with van der Waals surface area (Å²) >= 11 is 5.93. The zero-order valence-corrected chi connectivity index (χ0v) is 6.56. The Morgan fingerprint density at radius 1 is 1.56 bits per heavy atom. The summed E-state index contributed by atoms with van der Waals surface area (Å²) in [6.45, 7) is 2.27. The van der Waals surface area contributed by atoms with Crippen molar-refractivity contribution in [1.29, 1.82) is 0 Å². The number of allylic oxidation sites excluding steroid dienone is 2. The molecule has 1 rings (SSSR count). The van der Waals surface area contributed by atoms with Gasteiger partial charge in [0.15, 0.2) is 0 Å². The number of hydrogen-bond acceptors (Lipinski definition) is 0. The smallest absolute Gasteiger partial charge is 0.0518 e. The molecule has 0 nitrogen and oxygen atoms in total. The second-order valence-corrected chi connectivity index (χ2v) is 3.42. The van der Waals surface area contributed by atoms with E-state index in [2.05, 4.69) is 19.1 Å². The average molecular weight is 145 g/mol. The third kappa shape index (κ3) is 2.40. The van der Waals surface area contributed by atoms with Crippen molar-refractivity contribution in [1.82, 2.24) is 0 Å². The molecule has 0 unspecified atom stereocenters. The number of halogens is 1. The second kappa shape index (κ2) is 3.26. The van der Waals surface area contributed by atoms with E-state index >= 15 is 0 Å². The minimum absolute atomic E-state index is 0.294. The van der Waals surface area contributed by atoms with Crippen molar-refractivity contribution in [3.05, 3.63) is 12.2 Å². The first kappa shape index (κ1) is 7.14. The van der Waals surface area contributed by atoms with Gasteiger partial charge in [0.2, 0.25) is 0 Å². The standard InChI is InChI=1S/C8H13Cl/c1-7-4-2-3-5-8(9)6-7/h3,5,7-8H,2,4,6H2,1H3/t7-,8-/m1/s1. The van der Waals surface area contributed by atoms with Crippen molar-refractivity contribution in [2.45, 2.75) is 31.6 Å². The Morgan fingerprint density at radius 3 is 3.11 bits per heavy atom. The van der Waals surface area contributed by atoms with Crippen molar-refractivity contribution < 1.29 is 0 Å². The largest absolute Gasteiger partial charge is 0.118 e. The van der Waals surface area contributed by atoms with Gasteiger partial charge in [-0.15, -0.1) is 11.6 Å². The molecule has 0 saturated carbocycles. The molecule has 0 fully saturated rings. The van der Waals surface area contributed by atoms with Crippen LogP contribution in [-0.4, -0.2) is 5.38 Å². The van der Waals surface area contributed by atoms with Gasteiger partial charge in [-0.05, 0) is 25.2 Å². The molecule has 0 aliphatic heterocycles. The Bertz CT molecular complexity index is 107. The van der Waals surface area contributed by atoms with E-state index in [0.717, 1.165) is 12.3 Å². The van der Waals surface area contributed by atoms with Gasteiger partial charge in [0.1, 0.15) is 0 Å². The zero-order valence-electron chi connectivity index (χ0n) is 5.81. The predicted octanol–water partition coefficient (Wildman–Crippen LogP) is 2.97. The Kier molecular flexibility index (Phi) is 2.59. The summed E-state index contributed by atoms with van der Waals surface area (Å²) in [5.74, 6) is 0.808. The summed E-state index contributed by atoms with van der Waals surface area (Å²) in [6.07, 6.45) is 7.98. The molecule has 0 aromatic carbocycles. The van der Waals surface area contributed by atoms with Gasteiger partial charge >= 0.3 is 0 Å². The molecule has 1 aliphatic rings. The van der Waals surface area contributed by atoms with Crippen molar-refractivity contribution >= 4 is 11.6 Å². The topological polar surface area (TPSA) is 0 Å². The van der Waals surface area contributed by atoms with Crippen LogP contribution in [0.3, 0.4) is 0 Å². The van der Waals surface area contributed by atoms with Crippen LogP contribution >= 0.6 is 11.6 Å². The van der Waals surface area contributed by atoms with Gasteiger partial charge in [0.25, 0.3) is 0 Å². The minimum Gasteiger partial charge on any atom is -0.118 e. The van der Waals surface area contributed by atoms with Crippen LogP contribution in [0.2, 0.25) is 0 Å². The SMILES string of the molecule is C[C@@H]1CCC=C[C@@H](Cl)C1. The molecule has 52 valence electrons. The van der Waals surface area contributed by atoms with Gasteiger partial charge in [-0.25, -0.2) is 0 Å². The van der Waals surface area contributed by atoms with Crippen LogP contribution in [-0.2, 0) is 0 Å². The van der Waals surface area contributed by atoms with Gasteiger partial charge in [-0.2, -0.15) is 0 Å². The first-order valence-corrected chi connectivity index (χ1v) is 4.03. The maximum absolute atomic E-state index is 5.93. The highest BCUT2D eigenvalue weighted by atomic mass is 35.5. The van der Waals surface area contributed by atoms with Crippen molar-refractivity contribution in [2.24, 2.45) is 5.92 Å². The Morgan fingerprint density at radius 2 is 2.33 bits per heavy atom. The Labute approximate surface area is 61.9 Å². The molecule has 0 aromatic heterocycles. The monoisotopic (exact) mass is 144 g/mol. The molecular weight excluding hydrogens is 132 g/mol. The second-order valence-electron chi connectivity index (χ2n) is 2.86. The van der Waals surface area contributed by atoms with E-state index in [-0.39, 0.29) is 0 Å². The van der Waals surface area contributed by atoms with E-state index in [0.29, 0.717) is 5.38 Å². The fourth-order valence-corrected chi connectivity index (χ4v) is 1.61. The van der Waals surface area contributed by atoms with E-state index in [9.17, 15) is 0 Å². The van der Waals surface area contributed by atoms with Gasteiger partial charge in [-0.3, -0.25) is 0 Å². The molecule has 0 N–H and O–H groups in total. The van der Waals surface area contributed by atoms with E-state index in [1.54, 1.807) is 0 Å². The molecule has 0 amide bonds. The molecule has 0 aromatic rings. The molecular formula is C8H13Cl. The van der Waals surface area contributed by atoms with Crippen LogP contribution in [0.1, 0.15) is 26.2 Å². The van der Waals surface area contributed by atoms with Gasteiger partial charge < -0.3 is 0 Å². The Balaban J connectivity index is 2.40. The quantitative estimate of drug-likeness (QED) is 0.362. The summed E-state index contributed by atoms with van der Waals surface area (Å²) in [4.78, 5) is 0. The van der Waals surface area contributed by atoms with E-state index in [1.807, 2.05) is 0 Å². The molecule has 2 atom stereocenters. The summed E-state index contributed by atoms with van der Waals surface area (Å²) in [7, 11) is 0. The summed E-state index contributed by atoms with van der Waals surface area (Å²) < 4.78 is 0. The van der Waals surface area contributed by atoms with Gasteiger partial charge in [-0.1, -0.05) is 19.1 Å². The minimum atomic E-state index is 0.294.